The Morgan fingerprint density at radius 2 is 0.550 bits per heavy atom. The van der Waals surface area contributed by atoms with Crippen LogP contribution >= 0.6 is 0 Å². The molecule has 0 bridgehead atoms. The summed E-state index contributed by atoms with van der Waals surface area (Å²) in [7, 11) is 0. The Bertz CT molecular complexity index is 2570. The van der Waals surface area contributed by atoms with Crippen molar-refractivity contribution in [3.8, 4) is 0 Å². The molecule has 0 heterocycles. The van der Waals surface area contributed by atoms with Crippen LogP contribution in [0.2, 0.25) is 0 Å². The van der Waals surface area contributed by atoms with Gasteiger partial charge in [0.15, 0.2) is 11.4 Å². The summed E-state index contributed by atoms with van der Waals surface area (Å²) in [6.45, 7) is 45.3. The van der Waals surface area contributed by atoms with Crippen molar-refractivity contribution in [3.05, 3.63) is 235 Å². The molecular formula is C72H100Mg2N6+2. The van der Waals surface area contributed by atoms with E-state index in [4.69, 9.17) is 22.1 Å². The summed E-state index contributed by atoms with van der Waals surface area (Å²) >= 11 is 0. The number of hydrogen-bond donors (Lipinski definition) is 2. The van der Waals surface area contributed by atoms with Crippen molar-refractivity contribution in [1.82, 2.24) is 0 Å². The van der Waals surface area contributed by atoms with Crippen LogP contribution in [-0.4, -0.2) is 57.5 Å². The number of para-hydroxylation sites is 4. The fourth-order valence-corrected chi connectivity index (χ4v) is 9.37. The maximum atomic E-state index is 6.94. The van der Waals surface area contributed by atoms with Crippen molar-refractivity contribution in [2.75, 3.05) is 0 Å². The van der Waals surface area contributed by atoms with Gasteiger partial charge in [-0.2, -0.15) is 11.4 Å². The first-order chi connectivity index (χ1) is 36.9. The van der Waals surface area contributed by atoms with Crippen molar-refractivity contribution in [1.29, 1.82) is 0 Å². The van der Waals surface area contributed by atoms with Crippen LogP contribution in [0.3, 0.4) is 0 Å². The predicted octanol–water partition coefficient (Wildman–Crippen LogP) is 19.6. The Morgan fingerprint density at radius 3 is 0.738 bits per heavy atom. The third kappa shape index (κ3) is 23.6. The van der Waals surface area contributed by atoms with E-state index in [2.05, 4.69) is 233 Å². The Labute approximate surface area is 520 Å². The Balaban J connectivity index is 0.000000611. The Hall–Kier alpha value is -4.81. The summed E-state index contributed by atoms with van der Waals surface area (Å²) in [5, 5.41) is 10.2. The van der Waals surface area contributed by atoms with Gasteiger partial charge in [-0.15, -0.1) is 24.5 Å². The first-order valence-corrected chi connectivity index (χ1v) is 28.8. The molecule has 0 aliphatic heterocycles. The molecule has 0 saturated carbocycles. The van der Waals surface area contributed by atoms with Crippen LogP contribution in [0.5, 0.6) is 0 Å². The number of benzene rings is 6. The summed E-state index contributed by atoms with van der Waals surface area (Å²) in [5.41, 5.74) is 35.8. The molecular weight excluding hydrogens is 997 g/mol. The molecule has 8 heteroatoms. The number of allylic oxidation sites excluding steroid dienone is 4. The smallest absolute Gasteiger partial charge is 0.674 e. The van der Waals surface area contributed by atoms with Crippen molar-refractivity contribution in [2.45, 2.75) is 199 Å². The van der Waals surface area contributed by atoms with E-state index in [9.17, 15) is 0 Å². The third-order valence-corrected chi connectivity index (χ3v) is 13.6. The molecule has 0 saturated heterocycles. The van der Waals surface area contributed by atoms with Crippen LogP contribution in [0.15, 0.2) is 157 Å². The summed E-state index contributed by atoms with van der Waals surface area (Å²) < 4.78 is 0. The van der Waals surface area contributed by atoms with Gasteiger partial charge >= 0.3 is 46.1 Å². The van der Waals surface area contributed by atoms with Gasteiger partial charge in [0.1, 0.15) is 0 Å². The van der Waals surface area contributed by atoms with Crippen LogP contribution in [0, 0.1) is 0 Å². The number of rotatable bonds is 18. The van der Waals surface area contributed by atoms with E-state index in [1.54, 1.807) is 0 Å². The molecule has 0 aliphatic rings. The second-order valence-electron chi connectivity index (χ2n) is 23.2. The van der Waals surface area contributed by atoms with Crippen molar-refractivity contribution >= 4 is 80.3 Å². The summed E-state index contributed by atoms with van der Waals surface area (Å²) in [6, 6.07) is 46.0. The first kappa shape index (κ1) is 73.2. The SMILES string of the molecule is CC(/C=C(/C)[N-]c1c(C(C)C)cccc1C(C)C)=[NH+]c1c(C(C)C)cccc1C(C)C.CC(/C=C(/C)[N-]c1c(C(C)C)cccc1C(C)C)=[NH+]c1c(C(C)C)cccc1C(C)C.[Mg+2].[Mg+2].[NH-]Cc1ccccc1.[NH-]Cc1ccccc1. The Kier molecular flexibility index (Phi) is 34.2. The fourth-order valence-electron chi connectivity index (χ4n) is 9.37. The normalized spacial score (nSPS) is 12.0. The predicted molar refractivity (Wildman–Crippen MR) is 355 cm³/mol. The van der Waals surface area contributed by atoms with Crippen molar-refractivity contribution < 1.29 is 9.98 Å². The van der Waals surface area contributed by atoms with Gasteiger partial charge in [0.05, 0.1) is 0 Å². The minimum absolute atomic E-state index is 0. The van der Waals surface area contributed by atoms with Crippen LogP contribution in [0.4, 0.5) is 22.7 Å². The zero-order valence-electron chi connectivity index (χ0n) is 53.2. The van der Waals surface area contributed by atoms with E-state index >= 15 is 0 Å². The molecule has 4 N–H and O–H groups in total. The van der Waals surface area contributed by atoms with E-state index in [1.165, 1.54) is 55.9 Å². The van der Waals surface area contributed by atoms with E-state index in [1.807, 2.05) is 60.7 Å². The maximum absolute atomic E-state index is 6.94. The van der Waals surface area contributed by atoms with Crippen LogP contribution in [0.25, 0.3) is 22.1 Å². The summed E-state index contributed by atoms with van der Waals surface area (Å²) in [6.07, 6.45) is 4.34. The number of nitrogens with zero attached hydrogens (tertiary/aromatic N) is 2. The minimum atomic E-state index is 0. The monoisotopic (exact) mass is 1100 g/mol. The standard InChI is InChI=1S/2C29H41N2.2C7H8N.2Mg/c2*1-18(2)24-13-11-14-25(19(3)4)28(24)30-22(9)17-23(10)31-29-26(20(5)6)15-12-16-27(29)21(7)8;2*8-6-7-4-2-1-3-5-7;;/h2*11-21H,1-10H3;2*1-5,8H,6H2;;/q4*-1;2*+2/p+2/b2*22-17-,31-23?;;;;. The van der Waals surface area contributed by atoms with E-state index < -0.39 is 0 Å². The van der Waals surface area contributed by atoms with Crippen molar-refractivity contribution in [3.63, 3.8) is 0 Å². The van der Waals surface area contributed by atoms with Gasteiger partial charge in [0.2, 0.25) is 11.4 Å². The molecule has 0 unspecified atom stereocenters. The van der Waals surface area contributed by atoms with Crippen molar-refractivity contribution in [2.24, 2.45) is 0 Å². The zero-order valence-corrected chi connectivity index (χ0v) is 56.0. The van der Waals surface area contributed by atoms with E-state index in [0.29, 0.717) is 60.4 Å². The molecule has 0 amide bonds. The molecule has 0 fully saturated rings. The van der Waals surface area contributed by atoms with Gasteiger partial charge in [0, 0.05) is 36.1 Å². The van der Waals surface area contributed by atoms with Gasteiger partial charge in [0.25, 0.3) is 0 Å². The molecule has 0 aliphatic carbocycles. The van der Waals surface area contributed by atoms with Gasteiger partial charge in [-0.05, 0) is 59.5 Å². The van der Waals surface area contributed by atoms with Gasteiger partial charge in [-0.25, -0.2) is 9.98 Å². The average molecular weight is 1100 g/mol. The van der Waals surface area contributed by atoms with Crippen LogP contribution < -0.4 is 9.98 Å². The number of hydrogen-bond acceptors (Lipinski definition) is 0. The van der Waals surface area contributed by atoms with E-state index in [-0.39, 0.29) is 46.1 Å². The molecule has 6 rings (SSSR count). The molecule has 6 nitrogen and oxygen atoms in total. The second kappa shape index (κ2) is 37.3. The average Bonchev–Trinajstić information content (AvgIpc) is 3.39. The molecule has 0 aromatic heterocycles. The Morgan fingerprint density at radius 1 is 0.338 bits per heavy atom. The molecule has 420 valence electrons. The van der Waals surface area contributed by atoms with Gasteiger partial charge in [-0.3, -0.25) is 0 Å². The molecule has 0 radical (unpaired) electrons. The zero-order chi connectivity index (χ0) is 58.2. The molecule has 6 aromatic rings. The molecule has 0 atom stereocenters. The quantitative estimate of drug-likeness (QED) is 0.0632. The van der Waals surface area contributed by atoms with Gasteiger partial charge in [-0.1, -0.05) is 291 Å². The summed E-state index contributed by atoms with van der Waals surface area (Å²) in [5.74, 6) is 3.65. The molecule has 6 aromatic carbocycles. The summed E-state index contributed by atoms with van der Waals surface area (Å²) in [4.78, 5) is 7.43. The van der Waals surface area contributed by atoms with E-state index in [0.717, 1.165) is 45.3 Å². The largest absolute Gasteiger partial charge is 2.00 e. The second-order valence-corrected chi connectivity index (χ2v) is 23.2. The first-order valence-electron chi connectivity index (χ1n) is 28.8. The van der Waals surface area contributed by atoms with Crippen LogP contribution in [0.1, 0.15) is 241 Å². The third-order valence-electron chi connectivity index (χ3n) is 13.6. The number of nitrogens with one attached hydrogen (secondary N) is 4. The molecule has 80 heavy (non-hydrogen) atoms. The van der Waals surface area contributed by atoms with Crippen LogP contribution in [-0.2, 0) is 13.1 Å². The topological polar surface area (TPSA) is 104 Å². The molecule has 0 spiro atoms. The van der Waals surface area contributed by atoms with Gasteiger partial charge < -0.3 is 22.1 Å². The fraction of sp³-hybridized carbons (Fsp3) is 0.417. The maximum Gasteiger partial charge on any atom is 2.00 e. The minimum Gasteiger partial charge on any atom is -0.674 e.